The van der Waals surface area contributed by atoms with Gasteiger partial charge in [-0.25, -0.2) is 0 Å². The van der Waals surface area contributed by atoms with Crippen molar-refractivity contribution in [2.75, 3.05) is 11.9 Å². The van der Waals surface area contributed by atoms with E-state index in [4.69, 9.17) is 9.47 Å². The first-order valence-electron chi connectivity index (χ1n) is 7.93. The molecule has 2 aromatic rings. The highest BCUT2D eigenvalue weighted by Gasteiger charge is 2.01. The molecule has 0 aliphatic heterocycles. The van der Waals surface area contributed by atoms with E-state index in [1.54, 1.807) is 0 Å². The molecule has 0 fully saturated rings. The summed E-state index contributed by atoms with van der Waals surface area (Å²) in [6.45, 7) is 7.66. The van der Waals surface area contributed by atoms with Gasteiger partial charge in [0.05, 0.1) is 12.7 Å². The molecule has 22 heavy (non-hydrogen) atoms. The molecule has 0 saturated heterocycles. The first-order chi connectivity index (χ1) is 10.7. The summed E-state index contributed by atoms with van der Waals surface area (Å²) < 4.78 is 11.3. The van der Waals surface area contributed by atoms with E-state index in [0.29, 0.717) is 6.61 Å². The van der Waals surface area contributed by atoms with Crippen LogP contribution in [0.2, 0.25) is 0 Å². The Morgan fingerprint density at radius 1 is 1.00 bits per heavy atom. The van der Waals surface area contributed by atoms with E-state index in [2.05, 4.69) is 31.3 Å². The van der Waals surface area contributed by atoms with Gasteiger partial charge in [-0.15, -0.1) is 0 Å². The number of hydrogen-bond acceptors (Lipinski definition) is 3. The maximum Gasteiger partial charge on any atom is 0.121 e. The quantitative estimate of drug-likeness (QED) is 0.754. The van der Waals surface area contributed by atoms with Gasteiger partial charge in [0.1, 0.15) is 11.5 Å². The molecule has 0 amide bonds. The lowest BCUT2D eigenvalue weighted by atomic mass is 10.2. The van der Waals surface area contributed by atoms with Crippen molar-refractivity contribution < 1.29 is 9.47 Å². The molecule has 2 aromatic carbocycles. The third-order valence-electron chi connectivity index (χ3n) is 3.48. The normalized spacial score (nSPS) is 11.8. The molecule has 0 heterocycles. The van der Waals surface area contributed by atoms with Crippen LogP contribution in [0.25, 0.3) is 0 Å². The zero-order valence-corrected chi connectivity index (χ0v) is 13.6. The molecule has 1 atom stereocenters. The van der Waals surface area contributed by atoms with Crippen LogP contribution in [0, 0.1) is 0 Å². The Morgan fingerprint density at radius 2 is 1.77 bits per heavy atom. The third kappa shape index (κ3) is 4.99. The smallest absolute Gasteiger partial charge is 0.121 e. The number of ether oxygens (including phenoxy) is 2. The van der Waals surface area contributed by atoms with E-state index in [1.807, 2.05) is 43.3 Å². The average molecular weight is 299 g/mol. The van der Waals surface area contributed by atoms with E-state index in [0.717, 1.165) is 30.2 Å². The molecule has 2 rings (SSSR count). The summed E-state index contributed by atoms with van der Waals surface area (Å²) >= 11 is 0. The number of anilines is 1. The Labute approximate surface area is 133 Å². The van der Waals surface area contributed by atoms with Gasteiger partial charge in [-0.1, -0.05) is 25.1 Å². The van der Waals surface area contributed by atoms with Crippen molar-refractivity contribution in [1.29, 1.82) is 0 Å². The lowest BCUT2D eigenvalue weighted by Crippen LogP contribution is -2.09. The van der Waals surface area contributed by atoms with Gasteiger partial charge < -0.3 is 14.8 Å². The van der Waals surface area contributed by atoms with Crippen LogP contribution < -0.4 is 14.8 Å². The predicted molar refractivity (Wildman–Crippen MR) is 91.8 cm³/mol. The summed E-state index contributed by atoms with van der Waals surface area (Å²) in [6.07, 6.45) is 1.27. The van der Waals surface area contributed by atoms with Gasteiger partial charge >= 0.3 is 0 Å². The first-order valence-corrected chi connectivity index (χ1v) is 7.93. The highest BCUT2D eigenvalue weighted by Crippen LogP contribution is 2.19. The van der Waals surface area contributed by atoms with Crippen molar-refractivity contribution in [2.24, 2.45) is 0 Å². The monoisotopic (exact) mass is 299 g/mol. The highest BCUT2D eigenvalue weighted by atomic mass is 16.5. The van der Waals surface area contributed by atoms with Crippen LogP contribution in [-0.4, -0.2) is 12.7 Å². The van der Waals surface area contributed by atoms with Crippen LogP contribution in [0.15, 0.2) is 48.5 Å². The van der Waals surface area contributed by atoms with Crippen LogP contribution >= 0.6 is 0 Å². The summed E-state index contributed by atoms with van der Waals surface area (Å²) in [6, 6.07) is 16.3. The van der Waals surface area contributed by atoms with Crippen molar-refractivity contribution >= 4 is 5.69 Å². The highest BCUT2D eigenvalue weighted by molar-refractivity contribution is 5.48. The van der Waals surface area contributed by atoms with Crippen molar-refractivity contribution in [1.82, 2.24) is 0 Å². The summed E-state index contributed by atoms with van der Waals surface area (Å²) in [7, 11) is 0. The second-order valence-corrected chi connectivity index (χ2v) is 5.30. The van der Waals surface area contributed by atoms with Crippen molar-refractivity contribution in [2.45, 2.75) is 39.8 Å². The molecule has 3 nitrogen and oxygen atoms in total. The number of benzene rings is 2. The van der Waals surface area contributed by atoms with Crippen LogP contribution in [0.5, 0.6) is 11.5 Å². The minimum atomic E-state index is 0.255. The minimum Gasteiger partial charge on any atom is -0.494 e. The van der Waals surface area contributed by atoms with E-state index in [-0.39, 0.29) is 6.10 Å². The Hall–Kier alpha value is -2.16. The fraction of sp³-hybridized carbons (Fsp3) is 0.368. The lowest BCUT2D eigenvalue weighted by molar-refractivity contribution is 0.217. The van der Waals surface area contributed by atoms with Crippen LogP contribution in [0.4, 0.5) is 5.69 Å². The molecule has 0 radical (unpaired) electrons. The molecule has 1 N–H and O–H groups in total. The number of nitrogens with one attached hydrogen (secondary N) is 1. The molecule has 0 aliphatic rings. The summed E-state index contributed by atoms with van der Waals surface area (Å²) in [5.74, 6) is 1.82. The zero-order valence-electron chi connectivity index (χ0n) is 13.6. The maximum absolute atomic E-state index is 5.79. The largest absolute Gasteiger partial charge is 0.494 e. The summed E-state index contributed by atoms with van der Waals surface area (Å²) in [4.78, 5) is 0. The van der Waals surface area contributed by atoms with Gasteiger partial charge in [0.15, 0.2) is 0 Å². The van der Waals surface area contributed by atoms with Gasteiger partial charge in [0.2, 0.25) is 0 Å². The summed E-state index contributed by atoms with van der Waals surface area (Å²) in [5, 5.41) is 3.41. The Morgan fingerprint density at radius 3 is 2.45 bits per heavy atom. The van der Waals surface area contributed by atoms with Gasteiger partial charge in [0.25, 0.3) is 0 Å². The predicted octanol–water partition coefficient (Wildman–Crippen LogP) is 4.87. The van der Waals surface area contributed by atoms with Crippen molar-refractivity contribution in [3.8, 4) is 11.5 Å². The molecule has 118 valence electrons. The van der Waals surface area contributed by atoms with E-state index >= 15 is 0 Å². The fourth-order valence-corrected chi connectivity index (χ4v) is 2.07. The van der Waals surface area contributed by atoms with Crippen LogP contribution in [-0.2, 0) is 6.54 Å². The molecular formula is C19H25NO2. The molecular weight excluding hydrogens is 274 g/mol. The Kier molecular flexibility index (Phi) is 6.13. The van der Waals surface area contributed by atoms with Crippen LogP contribution in [0.3, 0.4) is 0 Å². The van der Waals surface area contributed by atoms with Gasteiger partial charge in [0, 0.05) is 18.3 Å². The fourth-order valence-electron chi connectivity index (χ4n) is 2.07. The second kappa shape index (κ2) is 8.32. The number of rotatable bonds is 8. The first kappa shape index (κ1) is 16.2. The van der Waals surface area contributed by atoms with E-state index < -0.39 is 0 Å². The van der Waals surface area contributed by atoms with Crippen molar-refractivity contribution in [3.63, 3.8) is 0 Å². The minimum absolute atomic E-state index is 0.255. The molecule has 1 unspecified atom stereocenters. The van der Waals surface area contributed by atoms with E-state index in [9.17, 15) is 0 Å². The SMILES string of the molecule is CCOc1cccc(NCc2ccc(OC(C)CC)cc2)c1. The lowest BCUT2D eigenvalue weighted by Gasteiger charge is -2.13. The Balaban J connectivity index is 1.90. The zero-order chi connectivity index (χ0) is 15.8. The molecule has 0 aliphatic carbocycles. The topological polar surface area (TPSA) is 30.5 Å². The third-order valence-corrected chi connectivity index (χ3v) is 3.48. The second-order valence-electron chi connectivity index (χ2n) is 5.30. The maximum atomic E-state index is 5.79. The molecule has 0 saturated carbocycles. The Bertz CT molecular complexity index is 566. The van der Waals surface area contributed by atoms with E-state index in [1.165, 1.54) is 5.56 Å². The van der Waals surface area contributed by atoms with Crippen molar-refractivity contribution in [3.05, 3.63) is 54.1 Å². The standard InChI is InChI=1S/C19H25NO2/c1-4-15(3)22-18-11-9-16(10-12-18)14-20-17-7-6-8-19(13-17)21-5-2/h6-13,15,20H,4-5,14H2,1-3H3. The van der Waals surface area contributed by atoms with Gasteiger partial charge in [-0.05, 0) is 50.1 Å². The van der Waals surface area contributed by atoms with Gasteiger partial charge in [-0.3, -0.25) is 0 Å². The molecule has 0 spiro atoms. The summed E-state index contributed by atoms with van der Waals surface area (Å²) in [5.41, 5.74) is 2.28. The van der Waals surface area contributed by atoms with Gasteiger partial charge in [-0.2, -0.15) is 0 Å². The molecule has 3 heteroatoms. The average Bonchev–Trinajstić information content (AvgIpc) is 2.55. The number of hydrogen-bond donors (Lipinski definition) is 1. The molecule has 0 aromatic heterocycles. The van der Waals surface area contributed by atoms with Crippen LogP contribution in [0.1, 0.15) is 32.8 Å². The molecule has 0 bridgehead atoms.